The molecule has 2 N–H and O–H groups in total. The number of ether oxygens (including phenoxy) is 4. The number of aryl methyl sites for hydroxylation is 1. The van der Waals surface area contributed by atoms with E-state index in [1.165, 1.54) is 10.8 Å². The van der Waals surface area contributed by atoms with E-state index in [-0.39, 0.29) is 19.1 Å². The van der Waals surface area contributed by atoms with E-state index in [9.17, 15) is 14.7 Å². The van der Waals surface area contributed by atoms with Gasteiger partial charge in [-0.2, -0.15) is 0 Å². The molecule has 5 rings (SSSR count). The van der Waals surface area contributed by atoms with Gasteiger partial charge in [0.05, 0.1) is 20.8 Å². The number of aromatic nitrogens is 2. The molecule has 0 amide bonds. The Bertz CT molecular complexity index is 1500. The number of nitrogens with one attached hydrogen (secondary N) is 1. The average molecular weight is 544 g/mol. The summed E-state index contributed by atoms with van der Waals surface area (Å²) in [4.78, 5) is 26.6. The van der Waals surface area contributed by atoms with Crippen LogP contribution >= 0.6 is 0 Å². The molecular formula is C31H31N2O7. The molecule has 1 aliphatic rings. The first-order chi connectivity index (χ1) is 19.3. The van der Waals surface area contributed by atoms with Crippen LogP contribution in [0.5, 0.6) is 11.5 Å². The lowest BCUT2D eigenvalue weighted by Crippen LogP contribution is -2.37. The SMILES string of the molecule is COc1ccc(C(OC[C@H]2O[C@@H](n3cc(C)c(=O)[nH]c3=O)C[C]2O)(c2ccccc2)c2ccc(OC)cc2)cc1. The van der Waals surface area contributed by atoms with E-state index in [0.29, 0.717) is 17.1 Å². The number of aliphatic hydroxyl groups excluding tert-OH is 1. The quantitative estimate of drug-likeness (QED) is 0.306. The normalized spacial score (nSPS) is 17.6. The van der Waals surface area contributed by atoms with Gasteiger partial charge in [-0.1, -0.05) is 54.6 Å². The first-order valence-electron chi connectivity index (χ1n) is 12.9. The van der Waals surface area contributed by atoms with E-state index < -0.39 is 29.2 Å². The second-order valence-corrected chi connectivity index (χ2v) is 9.57. The molecule has 0 saturated carbocycles. The topological polar surface area (TPSA) is 112 Å². The molecule has 3 aromatic carbocycles. The van der Waals surface area contributed by atoms with Gasteiger partial charge in [-0.05, 0) is 47.9 Å². The predicted octanol–water partition coefficient (Wildman–Crippen LogP) is 4.06. The molecule has 2 atom stereocenters. The van der Waals surface area contributed by atoms with Gasteiger partial charge in [0.1, 0.15) is 35.5 Å². The summed E-state index contributed by atoms with van der Waals surface area (Å²) in [6.45, 7) is 1.58. The molecule has 1 aromatic heterocycles. The van der Waals surface area contributed by atoms with Gasteiger partial charge in [0.25, 0.3) is 5.56 Å². The van der Waals surface area contributed by atoms with Gasteiger partial charge >= 0.3 is 5.69 Å². The number of aliphatic hydroxyl groups is 1. The molecule has 1 fully saturated rings. The molecule has 9 heteroatoms. The first-order valence-corrected chi connectivity index (χ1v) is 12.9. The summed E-state index contributed by atoms with van der Waals surface area (Å²) in [5.74, 6) is 1.41. The lowest BCUT2D eigenvalue weighted by Gasteiger charge is -2.37. The summed E-state index contributed by atoms with van der Waals surface area (Å²) >= 11 is 0. The van der Waals surface area contributed by atoms with Gasteiger partial charge in [-0.25, -0.2) is 4.79 Å². The number of aromatic amines is 1. The Balaban J connectivity index is 1.54. The van der Waals surface area contributed by atoms with Crippen LogP contribution in [-0.4, -0.2) is 41.6 Å². The summed E-state index contributed by atoms with van der Waals surface area (Å²) < 4.78 is 25.0. The zero-order chi connectivity index (χ0) is 28.3. The van der Waals surface area contributed by atoms with Crippen molar-refractivity contribution < 1.29 is 24.1 Å². The van der Waals surface area contributed by atoms with Crippen LogP contribution in [-0.2, 0) is 15.1 Å². The van der Waals surface area contributed by atoms with Crippen LogP contribution < -0.4 is 20.7 Å². The van der Waals surface area contributed by atoms with Gasteiger partial charge in [0.15, 0.2) is 0 Å². The zero-order valence-corrected chi connectivity index (χ0v) is 22.5. The number of hydrogen-bond acceptors (Lipinski definition) is 7. The van der Waals surface area contributed by atoms with Crippen LogP contribution in [0.4, 0.5) is 0 Å². The fourth-order valence-electron chi connectivity index (χ4n) is 5.00. The highest BCUT2D eigenvalue weighted by Crippen LogP contribution is 2.43. The Labute approximate surface area is 231 Å². The summed E-state index contributed by atoms with van der Waals surface area (Å²) in [5, 5.41) is 10.9. The molecule has 0 aliphatic carbocycles. The number of hydrogen-bond donors (Lipinski definition) is 2. The second-order valence-electron chi connectivity index (χ2n) is 9.57. The summed E-state index contributed by atoms with van der Waals surface area (Å²) in [5.41, 5.74) is 0.755. The van der Waals surface area contributed by atoms with Crippen molar-refractivity contribution in [2.45, 2.75) is 31.3 Å². The highest BCUT2D eigenvalue weighted by atomic mass is 16.6. The number of rotatable bonds is 9. The minimum absolute atomic E-state index is 0.0215. The zero-order valence-electron chi connectivity index (χ0n) is 22.5. The Morgan fingerprint density at radius 1 is 0.900 bits per heavy atom. The van der Waals surface area contributed by atoms with Crippen molar-refractivity contribution in [2.75, 3.05) is 20.8 Å². The molecule has 0 unspecified atom stereocenters. The van der Waals surface area contributed by atoms with E-state index in [1.807, 2.05) is 78.9 Å². The van der Waals surface area contributed by atoms with Gasteiger partial charge in [-0.15, -0.1) is 0 Å². The van der Waals surface area contributed by atoms with Crippen molar-refractivity contribution in [3.8, 4) is 11.5 Å². The van der Waals surface area contributed by atoms with E-state index in [1.54, 1.807) is 21.1 Å². The van der Waals surface area contributed by atoms with Crippen LogP contribution in [0.1, 0.15) is 34.9 Å². The molecule has 0 spiro atoms. The molecule has 1 radical (unpaired) electrons. The lowest BCUT2D eigenvalue weighted by atomic mass is 9.80. The van der Waals surface area contributed by atoms with Gasteiger partial charge in [0, 0.05) is 18.2 Å². The Kier molecular flexibility index (Phi) is 7.88. The van der Waals surface area contributed by atoms with Crippen molar-refractivity contribution in [3.05, 3.63) is 134 Å². The highest BCUT2D eigenvalue weighted by Gasteiger charge is 2.42. The fourth-order valence-corrected chi connectivity index (χ4v) is 5.00. The Hall–Kier alpha value is -4.18. The average Bonchev–Trinajstić information content (AvgIpc) is 3.36. The minimum Gasteiger partial charge on any atom is -0.497 e. The Morgan fingerprint density at radius 3 is 2.00 bits per heavy atom. The fraction of sp³-hybridized carbons (Fsp3) is 0.258. The molecule has 9 nitrogen and oxygen atoms in total. The molecule has 4 aromatic rings. The van der Waals surface area contributed by atoms with Crippen LogP contribution in [0.2, 0.25) is 0 Å². The standard InChI is InChI=1S/C31H31N2O7/c1-20-18-33(30(36)32-29(20)35)28-17-26(34)27(40-28)19-39-31(21-7-5-4-6-8-21,22-9-13-24(37-2)14-10-22)23-11-15-25(38-3)16-12-23/h4-16,18,27-28,34H,17,19H2,1-3H3,(H,32,35,36)/t27-,28-/m1/s1. The van der Waals surface area contributed by atoms with Crippen molar-refractivity contribution in [1.29, 1.82) is 0 Å². The third-order valence-corrected chi connectivity index (χ3v) is 7.16. The Morgan fingerprint density at radius 2 is 1.45 bits per heavy atom. The van der Waals surface area contributed by atoms with Crippen molar-refractivity contribution in [2.24, 2.45) is 0 Å². The number of H-pyrrole nitrogens is 1. The molecular weight excluding hydrogens is 512 g/mol. The van der Waals surface area contributed by atoms with Gasteiger partial charge in [-0.3, -0.25) is 14.3 Å². The van der Waals surface area contributed by atoms with Crippen LogP contribution in [0, 0.1) is 13.0 Å². The molecule has 2 heterocycles. The number of methoxy groups -OCH3 is 2. The van der Waals surface area contributed by atoms with E-state index in [0.717, 1.165) is 16.7 Å². The van der Waals surface area contributed by atoms with Crippen molar-refractivity contribution in [1.82, 2.24) is 9.55 Å². The molecule has 40 heavy (non-hydrogen) atoms. The summed E-state index contributed by atoms with van der Waals surface area (Å²) in [6.07, 6.45) is -0.0330. The maximum absolute atomic E-state index is 12.5. The second kappa shape index (κ2) is 11.5. The first kappa shape index (κ1) is 27.4. The van der Waals surface area contributed by atoms with Crippen LogP contribution in [0.25, 0.3) is 0 Å². The predicted molar refractivity (Wildman–Crippen MR) is 148 cm³/mol. The van der Waals surface area contributed by atoms with Crippen LogP contribution in [0.3, 0.4) is 0 Å². The monoisotopic (exact) mass is 543 g/mol. The van der Waals surface area contributed by atoms with E-state index in [2.05, 4.69) is 4.98 Å². The van der Waals surface area contributed by atoms with E-state index >= 15 is 0 Å². The number of nitrogens with zero attached hydrogens (tertiary/aromatic N) is 1. The van der Waals surface area contributed by atoms with Crippen molar-refractivity contribution >= 4 is 0 Å². The third-order valence-electron chi connectivity index (χ3n) is 7.16. The van der Waals surface area contributed by atoms with Crippen molar-refractivity contribution in [3.63, 3.8) is 0 Å². The van der Waals surface area contributed by atoms with Gasteiger partial charge in [0.2, 0.25) is 0 Å². The molecule has 207 valence electrons. The smallest absolute Gasteiger partial charge is 0.330 e. The summed E-state index contributed by atoms with van der Waals surface area (Å²) in [6, 6.07) is 25.1. The number of benzene rings is 3. The molecule has 1 saturated heterocycles. The third kappa shape index (κ3) is 5.19. The lowest BCUT2D eigenvalue weighted by molar-refractivity contribution is -0.0820. The minimum atomic E-state index is -1.09. The largest absolute Gasteiger partial charge is 0.497 e. The summed E-state index contributed by atoms with van der Waals surface area (Å²) in [7, 11) is 3.22. The highest BCUT2D eigenvalue weighted by molar-refractivity contribution is 5.49. The van der Waals surface area contributed by atoms with Gasteiger partial charge < -0.3 is 24.1 Å². The molecule has 1 aliphatic heterocycles. The maximum Gasteiger partial charge on any atom is 0.330 e. The van der Waals surface area contributed by atoms with E-state index in [4.69, 9.17) is 18.9 Å². The molecule has 0 bridgehead atoms. The maximum atomic E-state index is 12.5. The van der Waals surface area contributed by atoms with Crippen LogP contribution in [0.15, 0.2) is 94.6 Å².